The fraction of sp³-hybridized carbons (Fsp3) is 0.0909. The molecule has 2 aromatic heterocycles. The van der Waals surface area contributed by atoms with Gasteiger partial charge in [0.2, 0.25) is 0 Å². The number of carboxylic acid groups (broad SMARTS) is 1. The monoisotopic (exact) mass is 268 g/mol. The van der Waals surface area contributed by atoms with Crippen LogP contribution in [-0.4, -0.2) is 16.1 Å². The van der Waals surface area contributed by atoms with E-state index in [1.807, 2.05) is 16.8 Å². The fourth-order valence-electron chi connectivity index (χ4n) is 1.29. The summed E-state index contributed by atoms with van der Waals surface area (Å²) in [6, 6.07) is 3.42. The number of nitrogens with one attached hydrogen (secondary N) is 1. The first-order chi connectivity index (χ1) is 8.16. The Morgan fingerprint density at radius 2 is 2.41 bits per heavy atom. The summed E-state index contributed by atoms with van der Waals surface area (Å²) in [4.78, 5) is 14.9. The summed E-state index contributed by atoms with van der Waals surface area (Å²) in [6.07, 6.45) is 1.33. The SMILES string of the molecule is O=C(O)c1cc(NCc2ccsc2)ncc1Cl. The van der Waals surface area contributed by atoms with Crippen molar-refractivity contribution in [1.82, 2.24) is 4.98 Å². The van der Waals surface area contributed by atoms with Crippen molar-refractivity contribution in [3.63, 3.8) is 0 Å². The molecule has 0 bridgehead atoms. The highest BCUT2D eigenvalue weighted by Gasteiger charge is 2.10. The Balaban J connectivity index is 2.11. The number of aromatic carboxylic acids is 1. The Morgan fingerprint density at radius 3 is 3.06 bits per heavy atom. The molecular formula is C11H9ClN2O2S. The van der Waals surface area contributed by atoms with Crippen LogP contribution in [0.4, 0.5) is 5.82 Å². The number of thiophene rings is 1. The van der Waals surface area contributed by atoms with Gasteiger partial charge in [0.05, 0.1) is 10.6 Å². The van der Waals surface area contributed by atoms with Gasteiger partial charge in [0.25, 0.3) is 0 Å². The smallest absolute Gasteiger partial charge is 0.337 e. The first-order valence-electron chi connectivity index (χ1n) is 4.80. The fourth-order valence-corrected chi connectivity index (χ4v) is 2.14. The third-order valence-electron chi connectivity index (χ3n) is 2.14. The molecule has 0 aromatic carbocycles. The molecule has 2 rings (SSSR count). The van der Waals surface area contributed by atoms with Crippen LogP contribution in [0.5, 0.6) is 0 Å². The summed E-state index contributed by atoms with van der Waals surface area (Å²) in [5.74, 6) is -0.561. The molecule has 0 aliphatic rings. The van der Waals surface area contributed by atoms with Gasteiger partial charge in [0, 0.05) is 12.7 Å². The van der Waals surface area contributed by atoms with Gasteiger partial charge < -0.3 is 10.4 Å². The second-order valence-corrected chi connectivity index (χ2v) is 4.53. The van der Waals surface area contributed by atoms with Crippen LogP contribution < -0.4 is 5.32 Å². The molecule has 0 fully saturated rings. The maximum Gasteiger partial charge on any atom is 0.337 e. The van der Waals surface area contributed by atoms with E-state index in [9.17, 15) is 4.79 Å². The third kappa shape index (κ3) is 2.95. The van der Waals surface area contributed by atoms with Crippen molar-refractivity contribution < 1.29 is 9.90 Å². The van der Waals surface area contributed by atoms with Crippen molar-refractivity contribution >= 4 is 34.7 Å². The van der Waals surface area contributed by atoms with Crippen molar-refractivity contribution in [1.29, 1.82) is 0 Å². The van der Waals surface area contributed by atoms with Crippen molar-refractivity contribution in [3.05, 3.63) is 45.2 Å². The zero-order chi connectivity index (χ0) is 12.3. The van der Waals surface area contributed by atoms with Gasteiger partial charge in [-0.1, -0.05) is 11.6 Å². The van der Waals surface area contributed by atoms with Gasteiger partial charge in [-0.2, -0.15) is 11.3 Å². The van der Waals surface area contributed by atoms with Gasteiger partial charge in [-0.3, -0.25) is 0 Å². The molecule has 6 heteroatoms. The van der Waals surface area contributed by atoms with E-state index in [1.165, 1.54) is 12.3 Å². The van der Waals surface area contributed by atoms with E-state index < -0.39 is 5.97 Å². The van der Waals surface area contributed by atoms with Crippen LogP contribution in [0.3, 0.4) is 0 Å². The van der Waals surface area contributed by atoms with E-state index in [1.54, 1.807) is 11.3 Å². The van der Waals surface area contributed by atoms with Crippen molar-refractivity contribution in [2.24, 2.45) is 0 Å². The van der Waals surface area contributed by atoms with Crippen molar-refractivity contribution in [2.75, 3.05) is 5.32 Å². The zero-order valence-corrected chi connectivity index (χ0v) is 10.3. The Hall–Kier alpha value is -1.59. The second-order valence-electron chi connectivity index (χ2n) is 3.34. The summed E-state index contributed by atoms with van der Waals surface area (Å²) in [7, 11) is 0. The highest BCUT2D eigenvalue weighted by molar-refractivity contribution is 7.07. The minimum atomic E-state index is -1.06. The number of anilines is 1. The lowest BCUT2D eigenvalue weighted by molar-refractivity contribution is 0.0697. The summed E-state index contributed by atoms with van der Waals surface area (Å²) in [6.45, 7) is 0.608. The van der Waals surface area contributed by atoms with Crippen LogP contribution >= 0.6 is 22.9 Å². The first kappa shape index (κ1) is 11.9. The minimum absolute atomic E-state index is 0.0504. The number of hydrogen-bond donors (Lipinski definition) is 2. The molecule has 0 atom stereocenters. The number of halogens is 1. The lowest BCUT2D eigenvalue weighted by atomic mass is 10.2. The Bertz CT molecular complexity index is 528. The molecule has 0 aliphatic carbocycles. The predicted molar refractivity (Wildman–Crippen MR) is 67.9 cm³/mol. The van der Waals surface area contributed by atoms with Gasteiger partial charge >= 0.3 is 5.97 Å². The van der Waals surface area contributed by atoms with E-state index >= 15 is 0 Å². The number of carboxylic acids is 1. The van der Waals surface area contributed by atoms with Crippen molar-refractivity contribution in [2.45, 2.75) is 6.54 Å². The average molecular weight is 269 g/mol. The van der Waals surface area contributed by atoms with Gasteiger partial charge in [-0.05, 0) is 28.5 Å². The van der Waals surface area contributed by atoms with Gasteiger partial charge in [0.1, 0.15) is 5.82 Å². The molecule has 0 unspecified atom stereocenters. The van der Waals surface area contributed by atoms with Crippen LogP contribution in [0, 0.1) is 0 Å². The Kier molecular flexibility index (Phi) is 3.61. The molecule has 0 spiro atoms. The van der Waals surface area contributed by atoms with Crippen LogP contribution in [0.15, 0.2) is 29.1 Å². The van der Waals surface area contributed by atoms with E-state index in [0.717, 1.165) is 5.56 Å². The summed E-state index contributed by atoms with van der Waals surface area (Å²) in [5.41, 5.74) is 1.18. The number of carbonyl (C=O) groups is 1. The van der Waals surface area contributed by atoms with Crippen LogP contribution in [0.2, 0.25) is 5.02 Å². The lowest BCUT2D eigenvalue weighted by Gasteiger charge is -2.05. The topological polar surface area (TPSA) is 62.2 Å². The predicted octanol–water partition coefficient (Wildman–Crippen LogP) is 3.11. The van der Waals surface area contributed by atoms with Gasteiger partial charge in [0.15, 0.2) is 0 Å². The second kappa shape index (κ2) is 5.16. The molecule has 2 N–H and O–H groups in total. The standard InChI is InChI=1S/C11H9ClN2O2S/c12-9-5-14-10(3-8(9)11(15)16)13-4-7-1-2-17-6-7/h1-3,5-6H,4H2,(H,13,14)(H,15,16). The molecule has 17 heavy (non-hydrogen) atoms. The minimum Gasteiger partial charge on any atom is -0.478 e. The zero-order valence-electron chi connectivity index (χ0n) is 8.68. The van der Waals surface area contributed by atoms with Gasteiger partial charge in [-0.25, -0.2) is 9.78 Å². The summed E-state index contributed by atoms with van der Waals surface area (Å²) in [5, 5.41) is 16.1. The molecule has 88 valence electrons. The first-order valence-corrected chi connectivity index (χ1v) is 6.12. The highest BCUT2D eigenvalue weighted by Crippen LogP contribution is 2.18. The number of rotatable bonds is 4. The summed E-state index contributed by atoms with van der Waals surface area (Å²) >= 11 is 7.33. The Morgan fingerprint density at radius 1 is 1.59 bits per heavy atom. The molecule has 0 saturated carbocycles. The quantitative estimate of drug-likeness (QED) is 0.894. The molecule has 0 saturated heterocycles. The van der Waals surface area contributed by atoms with E-state index in [-0.39, 0.29) is 10.6 Å². The highest BCUT2D eigenvalue weighted by atomic mass is 35.5. The molecular weight excluding hydrogens is 260 g/mol. The number of aromatic nitrogens is 1. The maximum atomic E-state index is 10.9. The average Bonchev–Trinajstić information content (AvgIpc) is 2.80. The molecule has 2 heterocycles. The van der Waals surface area contributed by atoms with E-state index in [0.29, 0.717) is 12.4 Å². The number of nitrogens with zero attached hydrogens (tertiary/aromatic N) is 1. The van der Waals surface area contributed by atoms with Crippen molar-refractivity contribution in [3.8, 4) is 0 Å². The largest absolute Gasteiger partial charge is 0.478 e. The third-order valence-corrected chi connectivity index (χ3v) is 3.17. The van der Waals surface area contributed by atoms with Crippen LogP contribution in [0.25, 0.3) is 0 Å². The molecule has 0 radical (unpaired) electrons. The summed E-state index contributed by atoms with van der Waals surface area (Å²) < 4.78 is 0. The number of pyridine rings is 1. The van der Waals surface area contributed by atoms with E-state index in [4.69, 9.17) is 16.7 Å². The van der Waals surface area contributed by atoms with E-state index in [2.05, 4.69) is 10.3 Å². The molecule has 0 aliphatic heterocycles. The lowest BCUT2D eigenvalue weighted by Crippen LogP contribution is -2.04. The Labute approximate surface area is 107 Å². The normalized spacial score (nSPS) is 10.2. The maximum absolute atomic E-state index is 10.9. The number of hydrogen-bond acceptors (Lipinski definition) is 4. The van der Waals surface area contributed by atoms with Crippen LogP contribution in [-0.2, 0) is 6.54 Å². The van der Waals surface area contributed by atoms with Crippen LogP contribution in [0.1, 0.15) is 15.9 Å². The molecule has 2 aromatic rings. The van der Waals surface area contributed by atoms with Gasteiger partial charge in [-0.15, -0.1) is 0 Å². The molecule has 4 nitrogen and oxygen atoms in total. The molecule has 0 amide bonds.